The van der Waals surface area contributed by atoms with Gasteiger partial charge in [0.1, 0.15) is 13.2 Å². The van der Waals surface area contributed by atoms with Gasteiger partial charge < -0.3 is 14.2 Å². The van der Waals surface area contributed by atoms with Crippen molar-refractivity contribution in [3.63, 3.8) is 0 Å². The van der Waals surface area contributed by atoms with Crippen LogP contribution in [-0.4, -0.2) is 37.2 Å². The number of carbonyl (C=O) groups is 3. The zero-order valence-electron chi connectivity index (χ0n) is 52.8. The topological polar surface area (TPSA) is 78.9 Å². The number of carbonyl (C=O) groups excluding carboxylic acids is 3. The van der Waals surface area contributed by atoms with E-state index < -0.39 is 6.10 Å². The highest BCUT2D eigenvalue weighted by atomic mass is 16.6. The Labute approximate surface area is 496 Å². The molecule has 460 valence electrons. The lowest BCUT2D eigenvalue weighted by Gasteiger charge is -2.18. The molecular formula is C74H128O6. The summed E-state index contributed by atoms with van der Waals surface area (Å²) in [6.45, 7) is 6.47. The Hall–Kier alpha value is -3.67. The molecule has 0 aliphatic rings. The van der Waals surface area contributed by atoms with Crippen LogP contribution in [0, 0.1) is 0 Å². The van der Waals surface area contributed by atoms with E-state index >= 15 is 0 Å². The Kier molecular flexibility index (Phi) is 64.7. The maximum atomic E-state index is 12.8. The third kappa shape index (κ3) is 65.1. The fraction of sp³-hybridized carbons (Fsp3) is 0.743. The average molecular weight is 1110 g/mol. The van der Waals surface area contributed by atoms with Crippen LogP contribution in [0.25, 0.3) is 0 Å². The minimum atomic E-state index is -0.776. The largest absolute Gasteiger partial charge is 0.462 e. The van der Waals surface area contributed by atoms with Crippen molar-refractivity contribution >= 4 is 17.9 Å². The predicted octanol–water partition coefficient (Wildman–Crippen LogP) is 23.6. The van der Waals surface area contributed by atoms with Crippen molar-refractivity contribution in [2.24, 2.45) is 0 Å². The highest BCUT2D eigenvalue weighted by Crippen LogP contribution is 2.17. The SMILES string of the molecule is CC/C=C\C/C=C\C/C=C\C/C=C\C/C=C\C/C=C\C/C=C\C/C=C\CCCCCCCCCCC(=O)OCC(COC(=O)CCCCCCC)OC(=O)CCCCCCCCCCCCCCCCCCCCCCCCCC. The molecule has 0 aromatic rings. The van der Waals surface area contributed by atoms with Crippen molar-refractivity contribution in [2.45, 2.75) is 341 Å². The minimum absolute atomic E-state index is 0.0772. The molecule has 0 rings (SSSR count). The molecule has 6 nitrogen and oxygen atoms in total. The van der Waals surface area contributed by atoms with Gasteiger partial charge in [0, 0.05) is 19.3 Å². The van der Waals surface area contributed by atoms with Gasteiger partial charge in [0.25, 0.3) is 0 Å². The van der Waals surface area contributed by atoms with Crippen LogP contribution in [0.2, 0.25) is 0 Å². The molecule has 0 spiro atoms. The molecular weight excluding hydrogens is 985 g/mol. The van der Waals surface area contributed by atoms with E-state index in [1.807, 2.05) is 0 Å². The standard InChI is InChI=1S/C74H128O6/c1-4-7-10-13-15-17-19-21-23-25-27-29-31-33-34-35-36-37-38-39-40-41-43-44-46-48-50-52-54-56-58-61-64-67-73(76)79-70-71(69-78-72(75)66-63-60-12-9-6-3)80-74(77)68-65-62-59-57-55-53-51-49-47-45-42-32-30-28-26-24-22-20-18-16-14-11-8-5-2/h7,10,15,17,21,23,27,29,33-34,36-37,39-40,43-44,71H,4-6,8-9,11-14,16,18-20,22,24-26,28,30-32,35,38,41-42,45-70H2,1-3H3/b10-7-,17-15-,23-21-,29-27-,34-33-,37-36-,40-39-,44-43-. The van der Waals surface area contributed by atoms with Crippen molar-refractivity contribution in [1.29, 1.82) is 0 Å². The van der Waals surface area contributed by atoms with E-state index in [-0.39, 0.29) is 31.1 Å². The highest BCUT2D eigenvalue weighted by Gasteiger charge is 2.19. The van der Waals surface area contributed by atoms with Gasteiger partial charge in [-0.15, -0.1) is 0 Å². The molecule has 0 saturated carbocycles. The molecule has 0 aromatic heterocycles. The van der Waals surface area contributed by atoms with Gasteiger partial charge in [-0.05, 0) is 83.5 Å². The number of unbranched alkanes of at least 4 members (excludes halogenated alkanes) is 35. The van der Waals surface area contributed by atoms with E-state index in [2.05, 4.69) is 118 Å². The first kappa shape index (κ1) is 76.3. The van der Waals surface area contributed by atoms with E-state index in [0.29, 0.717) is 19.3 Å². The van der Waals surface area contributed by atoms with Crippen molar-refractivity contribution in [2.75, 3.05) is 13.2 Å². The Morgan fingerprint density at radius 2 is 0.487 bits per heavy atom. The zero-order valence-corrected chi connectivity index (χ0v) is 52.8. The summed E-state index contributed by atoms with van der Waals surface area (Å²) in [4.78, 5) is 38.0. The van der Waals surface area contributed by atoms with Gasteiger partial charge >= 0.3 is 17.9 Å². The highest BCUT2D eigenvalue weighted by molar-refractivity contribution is 5.71. The van der Waals surface area contributed by atoms with E-state index in [0.717, 1.165) is 122 Å². The van der Waals surface area contributed by atoms with Crippen molar-refractivity contribution in [3.05, 3.63) is 97.2 Å². The third-order valence-corrected chi connectivity index (χ3v) is 14.9. The molecule has 1 atom stereocenters. The van der Waals surface area contributed by atoms with Gasteiger partial charge in [-0.2, -0.15) is 0 Å². The lowest BCUT2D eigenvalue weighted by atomic mass is 10.0. The van der Waals surface area contributed by atoms with E-state index in [9.17, 15) is 14.4 Å². The Morgan fingerprint density at radius 3 is 0.762 bits per heavy atom. The molecule has 0 bridgehead atoms. The molecule has 80 heavy (non-hydrogen) atoms. The fourth-order valence-electron chi connectivity index (χ4n) is 9.76. The number of allylic oxidation sites excluding steroid dienone is 16. The smallest absolute Gasteiger partial charge is 0.306 e. The first-order valence-electron chi connectivity index (χ1n) is 34.2. The second kappa shape index (κ2) is 67.8. The lowest BCUT2D eigenvalue weighted by Crippen LogP contribution is -2.30. The predicted molar refractivity (Wildman–Crippen MR) is 348 cm³/mol. The summed E-state index contributed by atoms with van der Waals surface area (Å²) in [5.41, 5.74) is 0. The average Bonchev–Trinajstić information content (AvgIpc) is 3.46. The molecule has 0 aliphatic heterocycles. The molecule has 0 saturated heterocycles. The monoisotopic (exact) mass is 1110 g/mol. The second-order valence-corrected chi connectivity index (χ2v) is 22.7. The van der Waals surface area contributed by atoms with Gasteiger partial charge in [-0.3, -0.25) is 14.4 Å². The Bertz CT molecular complexity index is 1560. The van der Waals surface area contributed by atoms with Gasteiger partial charge in [-0.1, -0.05) is 330 Å². The van der Waals surface area contributed by atoms with Crippen LogP contribution < -0.4 is 0 Å². The number of hydrogen-bond acceptors (Lipinski definition) is 6. The summed E-state index contributed by atoms with van der Waals surface area (Å²) in [5, 5.41) is 0. The van der Waals surface area contributed by atoms with Crippen LogP contribution in [0.4, 0.5) is 0 Å². The molecule has 6 heteroatoms. The van der Waals surface area contributed by atoms with E-state index in [4.69, 9.17) is 14.2 Å². The summed E-state index contributed by atoms with van der Waals surface area (Å²) in [7, 11) is 0. The van der Waals surface area contributed by atoms with Crippen molar-refractivity contribution in [3.8, 4) is 0 Å². The molecule has 0 aromatic carbocycles. The van der Waals surface area contributed by atoms with Gasteiger partial charge in [-0.25, -0.2) is 0 Å². The second-order valence-electron chi connectivity index (χ2n) is 22.7. The summed E-state index contributed by atoms with van der Waals surface area (Å²) < 4.78 is 16.8. The number of rotatable bonds is 62. The van der Waals surface area contributed by atoms with Crippen LogP contribution in [0.15, 0.2) is 97.2 Å². The van der Waals surface area contributed by atoms with Gasteiger partial charge in [0.15, 0.2) is 6.10 Å². The van der Waals surface area contributed by atoms with Crippen LogP contribution >= 0.6 is 0 Å². The normalized spacial score (nSPS) is 12.7. The molecule has 0 N–H and O–H groups in total. The van der Waals surface area contributed by atoms with Gasteiger partial charge in [0.05, 0.1) is 0 Å². The van der Waals surface area contributed by atoms with Gasteiger partial charge in [0.2, 0.25) is 0 Å². The van der Waals surface area contributed by atoms with E-state index in [1.165, 1.54) is 173 Å². The summed E-state index contributed by atoms with van der Waals surface area (Å²) in [6.07, 6.45) is 92.0. The van der Waals surface area contributed by atoms with Crippen molar-refractivity contribution in [1.82, 2.24) is 0 Å². The zero-order chi connectivity index (χ0) is 57.8. The summed E-state index contributed by atoms with van der Waals surface area (Å²) >= 11 is 0. The Morgan fingerprint density at radius 1 is 0.263 bits per heavy atom. The van der Waals surface area contributed by atoms with Crippen LogP contribution in [0.3, 0.4) is 0 Å². The number of hydrogen-bond donors (Lipinski definition) is 0. The van der Waals surface area contributed by atoms with Crippen LogP contribution in [0.1, 0.15) is 335 Å². The van der Waals surface area contributed by atoms with E-state index in [1.54, 1.807) is 0 Å². The maximum absolute atomic E-state index is 12.8. The Balaban J connectivity index is 4.03. The number of ether oxygens (including phenoxy) is 3. The molecule has 0 aliphatic carbocycles. The molecule has 0 heterocycles. The molecule has 0 amide bonds. The minimum Gasteiger partial charge on any atom is -0.462 e. The van der Waals surface area contributed by atoms with Crippen molar-refractivity contribution < 1.29 is 28.6 Å². The van der Waals surface area contributed by atoms with Crippen LogP contribution in [-0.2, 0) is 28.6 Å². The van der Waals surface area contributed by atoms with Crippen LogP contribution in [0.5, 0.6) is 0 Å². The first-order chi connectivity index (χ1) is 39.5. The number of esters is 3. The first-order valence-corrected chi connectivity index (χ1v) is 34.2. The molecule has 1 unspecified atom stereocenters. The third-order valence-electron chi connectivity index (χ3n) is 14.9. The lowest BCUT2D eigenvalue weighted by molar-refractivity contribution is -0.167. The summed E-state index contributed by atoms with van der Waals surface area (Å²) in [5.74, 6) is -0.886. The summed E-state index contributed by atoms with van der Waals surface area (Å²) in [6, 6.07) is 0. The molecule has 0 fully saturated rings. The maximum Gasteiger partial charge on any atom is 0.306 e. The molecule has 0 radical (unpaired) electrons. The fourth-order valence-corrected chi connectivity index (χ4v) is 9.76. The quantitative estimate of drug-likeness (QED) is 0.0261.